The molecule has 3 aromatic rings. The van der Waals surface area contributed by atoms with E-state index in [0.717, 1.165) is 10.4 Å². The number of nitrogens with two attached hydrogens (primary N) is 1. The molecule has 0 fully saturated rings. The second-order valence-corrected chi connectivity index (χ2v) is 9.38. The van der Waals surface area contributed by atoms with E-state index >= 15 is 0 Å². The Hall–Kier alpha value is -3.17. The number of hydrogen-bond acceptors (Lipinski definition) is 6. The third-order valence-electron chi connectivity index (χ3n) is 5.28. The van der Waals surface area contributed by atoms with E-state index in [-0.39, 0.29) is 36.4 Å². The number of amides is 1. The fraction of sp³-hybridized carbons (Fsp3) is 0.375. The van der Waals surface area contributed by atoms with Gasteiger partial charge >= 0.3 is 5.69 Å². The van der Waals surface area contributed by atoms with E-state index in [1.54, 1.807) is 11.3 Å². The largest absolute Gasteiger partial charge is 0.383 e. The number of H-pyrrole nitrogens is 1. The lowest BCUT2D eigenvalue weighted by atomic mass is 10.2. The van der Waals surface area contributed by atoms with Crippen LogP contribution in [-0.2, 0) is 17.9 Å². The van der Waals surface area contributed by atoms with Crippen LogP contribution in [0.25, 0.3) is 0 Å². The summed E-state index contributed by atoms with van der Waals surface area (Å²) in [7, 11) is 0. The summed E-state index contributed by atoms with van der Waals surface area (Å²) in [5.74, 6) is -0.151. The van der Waals surface area contributed by atoms with Gasteiger partial charge in [-0.15, -0.1) is 11.3 Å². The van der Waals surface area contributed by atoms with Crippen LogP contribution in [0.15, 0.2) is 57.4 Å². The molecule has 33 heavy (non-hydrogen) atoms. The number of anilines is 2. The SMILES string of the molecule is CCN(CC(=O)N(CC(C)C)c1c(N)n(Cc2ccccc2)c(=O)[nH]c1=O)Cc1cccs1. The maximum Gasteiger partial charge on any atom is 0.330 e. The number of benzene rings is 1. The number of nitrogens with one attached hydrogen (secondary N) is 1. The summed E-state index contributed by atoms with van der Waals surface area (Å²) in [5.41, 5.74) is 5.98. The van der Waals surface area contributed by atoms with E-state index in [1.165, 1.54) is 9.47 Å². The van der Waals surface area contributed by atoms with Crippen molar-refractivity contribution in [3.8, 4) is 0 Å². The van der Waals surface area contributed by atoms with Crippen LogP contribution in [0, 0.1) is 5.92 Å². The summed E-state index contributed by atoms with van der Waals surface area (Å²) < 4.78 is 1.30. The van der Waals surface area contributed by atoms with Crippen molar-refractivity contribution in [3.63, 3.8) is 0 Å². The quantitative estimate of drug-likeness (QED) is 0.475. The monoisotopic (exact) mass is 469 g/mol. The van der Waals surface area contributed by atoms with Crippen LogP contribution in [0.4, 0.5) is 11.5 Å². The standard InChI is InChI=1S/C24H31N5O3S/c1-4-27(15-19-11-8-12-33-19)16-20(30)28(13-17(2)3)21-22(25)29(24(32)26-23(21)31)14-18-9-6-5-7-10-18/h5-12,17H,4,13-16,25H2,1-3H3,(H,26,31,32). The Kier molecular flexibility index (Phi) is 8.24. The minimum Gasteiger partial charge on any atom is -0.383 e. The molecule has 2 aromatic heterocycles. The fourth-order valence-corrected chi connectivity index (χ4v) is 4.37. The van der Waals surface area contributed by atoms with Gasteiger partial charge in [0, 0.05) is 18.0 Å². The Morgan fingerprint density at radius 1 is 1.15 bits per heavy atom. The second kappa shape index (κ2) is 11.1. The number of rotatable bonds is 10. The van der Waals surface area contributed by atoms with Crippen LogP contribution in [0.5, 0.6) is 0 Å². The zero-order chi connectivity index (χ0) is 24.0. The topological polar surface area (TPSA) is 104 Å². The molecule has 1 aromatic carbocycles. The van der Waals surface area contributed by atoms with Crippen LogP contribution in [0.1, 0.15) is 31.2 Å². The number of likely N-dealkylation sites (N-methyl/N-ethyl adjacent to an activating group) is 1. The van der Waals surface area contributed by atoms with Crippen molar-refractivity contribution in [1.82, 2.24) is 14.5 Å². The van der Waals surface area contributed by atoms with E-state index in [2.05, 4.69) is 4.98 Å². The molecule has 2 heterocycles. The van der Waals surface area contributed by atoms with Gasteiger partial charge in [-0.3, -0.25) is 24.0 Å². The van der Waals surface area contributed by atoms with Crippen LogP contribution in [-0.4, -0.2) is 40.0 Å². The van der Waals surface area contributed by atoms with Gasteiger partial charge in [-0.25, -0.2) is 4.79 Å². The van der Waals surface area contributed by atoms with Crippen molar-refractivity contribution in [3.05, 3.63) is 79.1 Å². The van der Waals surface area contributed by atoms with Gasteiger partial charge in [0.2, 0.25) is 5.91 Å². The molecule has 8 nitrogen and oxygen atoms in total. The first kappa shape index (κ1) is 24.5. The van der Waals surface area contributed by atoms with Crippen LogP contribution in [0.2, 0.25) is 0 Å². The molecule has 0 atom stereocenters. The number of carbonyl (C=O) groups is 1. The third kappa shape index (κ3) is 6.21. The number of nitrogen functional groups attached to an aromatic ring is 1. The molecule has 0 bridgehead atoms. The minimum absolute atomic E-state index is 0.0112. The van der Waals surface area contributed by atoms with Gasteiger partial charge in [-0.1, -0.05) is 57.2 Å². The van der Waals surface area contributed by atoms with E-state index in [4.69, 9.17) is 5.73 Å². The Balaban J connectivity index is 1.95. The van der Waals surface area contributed by atoms with Crippen molar-refractivity contribution >= 4 is 28.7 Å². The third-order valence-corrected chi connectivity index (χ3v) is 6.14. The van der Waals surface area contributed by atoms with Gasteiger partial charge in [0.1, 0.15) is 5.82 Å². The molecule has 3 rings (SSSR count). The number of aromatic nitrogens is 2. The van der Waals surface area contributed by atoms with E-state index in [0.29, 0.717) is 19.6 Å². The van der Waals surface area contributed by atoms with Crippen molar-refractivity contribution in [2.75, 3.05) is 30.3 Å². The average Bonchev–Trinajstić information content (AvgIpc) is 3.29. The van der Waals surface area contributed by atoms with Gasteiger partial charge in [0.05, 0.1) is 13.1 Å². The Bertz CT molecular complexity index is 1170. The molecule has 0 saturated heterocycles. The highest BCUT2D eigenvalue weighted by molar-refractivity contribution is 7.09. The molecule has 0 spiro atoms. The number of thiophene rings is 1. The molecule has 3 N–H and O–H groups in total. The number of nitrogens with zero attached hydrogens (tertiary/aromatic N) is 3. The molecule has 0 aliphatic carbocycles. The summed E-state index contributed by atoms with van der Waals surface area (Å²) in [6.07, 6.45) is 0. The van der Waals surface area contributed by atoms with E-state index < -0.39 is 11.2 Å². The summed E-state index contributed by atoms with van der Waals surface area (Å²) in [5, 5.41) is 2.01. The highest BCUT2D eigenvalue weighted by Crippen LogP contribution is 2.20. The van der Waals surface area contributed by atoms with E-state index in [9.17, 15) is 14.4 Å². The lowest BCUT2D eigenvalue weighted by molar-refractivity contribution is -0.120. The smallest absolute Gasteiger partial charge is 0.330 e. The molecule has 0 aliphatic heterocycles. The van der Waals surface area contributed by atoms with Gasteiger partial charge < -0.3 is 10.6 Å². The Morgan fingerprint density at radius 3 is 2.48 bits per heavy atom. The first-order chi connectivity index (χ1) is 15.8. The lowest BCUT2D eigenvalue weighted by Gasteiger charge is -2.28. The van der Waals surface area contributed by atoms with Gasteiger partial charge in [0.25, 0.3) is 5.56 Å². The van der Waals surface area contributed by atoms with Gasteiger partial charge in [-0.2, -0.15) is 0 Å². The number of carbonyl (C=O) groups excluding carboxylic acids is 1. The van der Waals surface area contributed by atoms with Crippen LogP contribution < -0.4 is 21.9 Å². The predicted molar refractivity (Wildman–Crippen MR) is 134 cm³/mol. The molecule has 0 unspecified atom stereocenters. The van der Waals surface area contributed by atoms with Crippen LogP contribution >= 0.6 is 11.3 Å². The Morgan fingerprint density at radius 2 is 1.88 bits per heavy atom. The van der Waals surface area contributed by atoms with Crippen LogP contribution in [0.3, 0.4) is 0 Å². The number of hydrogen-bond donors (Lipinski definition) is 2. The maximum atomic E-state index is 13.4. The highest BCUT2D eigenvalue weighted by Gasteiger charge is 2.26. The zero-order valence-electron chi connectivity index (χ0n) is 19.3. The highest BCUT2D eigenvalue weighted by atomic mass is 32.1. The molecule has 0 aliphatic rings. The molecular formula is C24H31N5O3S. The molecule has 0 saturated carbocycles. The minimum atomic E-state index is -0.655. The predicted octanol–water partition coefficient (Wildman–Crippen LogP) is 2.74. The molecule has 1 amide bonds. The average molecular weight is 470 g/mol. The van der Waals surface area contributed by atoms with Crippen molar-refractivity contribution < 1.29 is 4.79 Å². The summed E-state index contributed by atoms with van der Waals surface area (Å²) in [6, 6.07) is 13.4. The first-order valence-electron chi connectivity index (χ1n) is 11.0. The molecular weight excluding hydrogens is 438 g/mol. The number of aromatic amines is 1. The second-order valence-electron chi connectivity index (χ2n) is 8.35. The van der Waals surface area contributed by atoms with Crippen molar-refractivity contribution in [1.29, 1.82) is 0 Å². The molecule has 9 heteroatoms. The fourth-order valence-electron chi connectivity index (χ4n) is 3.62. The summed E-state index contributed by atoms with van der Waals surface area (Å²) in [4.78, 5) is 45.8. The van der Waals surface area contributed by atoms with Crippen molar-refractivity contribution in [2.45, 2.75) is 33.9 Å². The molecule has 0 radical (unpaired) electrons. The summed E-state index contributed by atoms with van der Waals surface area (Å²) in [6.45, 7) is 7.90. The molecule has 176 valence electrons. The maximum absolute atomic E-state index is 13.4. The van der Waals surface area contributed by atoms with Gasteiger partial charge in [-0.05, 0) is 29.5 Å². The first-order valence-corrected chi connectivity index (χ1v) is 11.9. The summed E-state index contributed by atoms with van der Waals surface area (Å²) >= 11 is 1.64. The normalized spacial score (nSPS) is 11.3. The van der Waals surface area contributed by atoms with Gasteiger partial charge in [0.15, 0.2) is 5.69 Å². The van der Waals surface area contributed by atoms with Crippen molar-refractivity contribution in [2.24, 2.45) is 5.92 Å². The lowest BCUT2D eigenvalue weighted by Crippen LogP contribution is -2.46. The van der Waals surface area contributed by atoms with E-state index in [1.807, 2.05) is 73.5 Å². The Labute approximate surface area is 197 Å². The zero-order valence-corrected chi connectivity index (χ0v) is 20.1.